The lowest BCUT2D eigenvalue weighted by atomic mass is 10.1. The summed E-state index contributed by atoms with van der Waals surface area (Å²) in [5.74, 6) is -0.0293. The SMILES string of the molecule is CC=CC=CC(=O)N1CC(O)C1. The van der Waals surface area contributed by atoms with Crippen LogP contribution in [0.2, 0.25) is 0 Å². The molecule has 1 N–H and O–H groups in total. The first-order chi connectivity index (χ1) is 5.74. The van der Waals surface area contributed by atoms with Gasteiger partial charge in [0, 0.05) is 19.2 Å². The Kier molecular flexibility index (Phi) is 3.05. The molecule has 0 aromatic heterocycles. The summed E-state index contributed by atoms with van der Waals surface area (Å²) >= 11 is 0. The first-order valence-electron chi connectivity index (χ1n) is 4.00. The van der Waals surface area contributed by atoms with Gasteiger partial charge in [0.15, 0.2) is 0 Å². The van der Waals surface area contributed by atoms with E-state index in [4.69, 9.17) is 5.11 Å². The molecule has 0 spiro atoms. The first kappa shape index (κ1) is 9.00. The zero-order valence-corrected chi connectivity index (χ0v) is 7.10. The molecular weight excluding hydrogens is 154 g/mol. The van der Waals surface area contributed by atoms with E-state index in [0.29, 0.717) is 13.1 Å². The molecule has 1 rings (SSSR count). The van der Waals surface area contributed by atoms with Gasteiger partial charge < -0.3 is 10.0 Å². The molecule has 0 bridgehead atoms. The van der Waals surface area contributed by atoms with Gasteiger partial charge in [0.05, 0.1) is 6.10 Å². The minimum atomic E-state index is -0.316. The highest BCUT2D eigenvalue weighted by atomic mass is 16.3. The second-order valence-corrected chi connectivity index (χ2v) is 2.78. The van der Waals surface area contributed by atoms with Crippen molar-refractivity contribution in [3.8, 4) is 0 Å². The number of carbonyl (C=O) groups excluding carboxylic acids is 1. The van der Waals surface area contributed by atoms with Gasteiger partial charge in [0.1, 0.15) is 0 Å². The summed E-state index contributed by atoms with van der Waals surface area (Å²) < 4.78 is 0. The maximum absolute atomic E-state index is 11.1. The van der Waals surface area contributed by atoms with Crippen molar-refractivity contribution in [2.45, 2.75) is 13.0 Å². The Morgan fingerprint density at radius 2 is 2.17 bits per heavy atom. The molecule has 1 fully saturated rings. The number of β-amino-alcohol motifs (C(OH)–C–C–N with tert-alkyl or cyclic N) is 1. The van der Waals surface area contributed by atoms with Crippen LogP contribution in [0.5, 0.6) is 0 Å². The van der Waals surface area contributed by atoms with Gasteiger partial charge >= 0.3 is 0 Å². The van der Waals surface area contributed by atoms with Crippen molar-refractivity contribution < 1.29 is 9.90 Å². The maximum atomic E-state index is 11.1. The summed E-state index contributed by atoms with van der Waals surface area (Å²) in [5.41, 5.74) is 0. The summed E-state index contributed by atoms with van der Waals surface area (Å²) in [6.45, 7) is 2.83. The number of aliphatic hydroxyl groups excluding tert-OH is 1. The molecule has 3 nitrogen and oxygen atoms in total. The third-order valence-corrected chi connectivity index (χ3v) is 1.72. The van der Waals surface area contributed by atoms with Gasteiger partial charge in [-0.2, -0.15) is 0 Å². The molecule has 1 heterocycles. The lowest BCUT2D eigenvalue weighted by Gasteiger charge is -2.34. The summed E-state index contributed by atoms with van der Waals surface area (Å²) in [7, 11) is 0. The van der Waals surface area contributed by atoms with Crippen LogP contribution in [-0.2, 0) is 4.79 Å². The van der Waals surface area contributed by atoms with E-state index in [1.165, 1.54) is 6.08 Å². The molecular formula is C9H13NO2. The van der Waals surface area contributed by atoms with E-state index >= 15 is 0 Å². The predicted octanol–water partition coefficient (Wildman–Crippen LogP) is 0.322. The monoisotopic (exact) mass is 167 g/mol. The number of allylic oxidation sites excluding steroid dienone is 3. The van der Waals surface area contributed by atoms with E-state index in [2.05, 4.69) is 0 Å². The molecule has 0 atom stereocenters. The minimum Gasteiger partial charge on any atom is -0.389 e. The average molecular weight is 167 g/mol. The van der Waals surface area contributed by atoms with E-state index in [-0.39, 0.29) is 12.0 Å². The highest BCUT2D eigenvalue weighted by Crippen LogP contribution is 2.07. The second kappa shape index (κ2) is 4.07. The van der Waals surface area contributed by atoms with Crippen molar-refractivity contribution in [1.82, 2.24) is 4.90 Å². The van der Waals surface area contributed by atoms with Gasteiger partial charge in [-0.25, -0.2) is 0 Å². The number of hydrogen-bond acceptors (Lipinski definition) is 2. The fourth-order valence-corrected chi connectivity index (χ4v) is 0.990. The fraction of sp³-hybridized carbons (Fsp3) is 0.444. The van der Waals surface area contributed by atoms with Crippen molar-refractivity contribution in [2.75, 3.05) is 13.1 Å². The van der Waals surface area contributed by atoms with Crippen LogP contribution < -0.4 is 0 Å². The third kappa shape index (κ3) is 2.20. The van der Waals surface area contributed by atoms with E-state index in [1.807, 2.05) is 13.0 Å². The molecule has 0 radical (unpaired) electrons. The number of aliphatic hydroxyl groups is 1. The van der Waals surface area contributed by atoms with Crippen LogP contribution in [0.3, 0.4) is 0 Å². The summed E-state index contributed by atoms with van der Waals surface area (Å²) in [5, 5.41) is 8.91. The number of hydrogen-bond donors (Lipinski definition) is 1. The van der Waals surface area contributed by atoms with Gasteiger partial charge in [-0.05, 0) is 6.92 Å². The third-order valence-electron chi connectivity index (χ3n) is 1.72. The number of carbonyl (C=O) groups is 1. The lowest BCUT2D eigenvalue weighted by Crippen LogP contribution is -2.52. The van der Waals surface area contributed by atoms with Crippen molar-refractivity contribution in [3.63, 3.8) is 0 Å². The molecule has 3 heteroatoms. The number of nitrogens with zero attached hydrogens (tertiary/aromatic N) is 1. The Labute approximate surface area is 72.0 Å². The van der Waals surface area contributed by atoms with Crippen molar-refractivity contribution in [3.05, 3.63) is 24.3 Å². The number of rotatable bonds is 2. The number of amides is 1. The van der Waals surface area contributed by atoms with Crippen LogP contribution in [0.15, 0.2) is 24.3 Å². The van der Waals surface area contributed by atoms with Crippen LogP contribution in [0.25, 0.3) is 0 Å². The topological polar surface area (TPSA) is 40.5 Å². The molecule has 0 unspecified atom stereocenters. The molecule has 0 aromatic carbocycles. The quantitative estimate of drug-likeness (QED) is 0.475. The zero-order chi connectivity index (χ0) is 8.97. The Morgan fingerprint density at radius 3 is 2.67 bits per heavy atom. The summed E-state index contributed by atoms with van der Waals surface area (Å²) in [4.78, 5) is 12.7. The largest absolute Gasteiger partial charge is 0.389 e. The standard InChI is InChI=1S/C9H13NO2/c1-2-3-4-5-9(12)10-6-8(11)7-10/h2-5,8,11H,6-7H2,1H3. The van der Waals surface area contributed by atoms with Crippen LogP contribution >= 0.6 is 0 Å². The van der Waals surface area contributed by atoms with E-state index in [9.17, 15) is 4.79 Å². The molecule has 1 saturated heterocycles. The van der Waals surface area contributed by atoms with Gasteiger partial charge in [-0.15, -0.1) is 0 Å². The zero-order valence-electron chi connectivity index (χ0n) is 7.10. The summed E-state index contributed by atoms with van der Waals surface area (Å²) in [6.07, 6.45) is 6.55. The smallest absolute Gasteiger partial charge is 0.246 e. The van der Waals surface area contributed by atoms with Crippen molar-refractivity contribution >= 4 is 5.91 Å². The Balaban J connectivity index is 2.29. The normalized spacial score (nSPS) is 19.0. The molecule has 0 aromatic rings. The van der Waals surface area contributed by atoms with Crippen LogP contribution in [0.4, 0.5) is 0 Å². The highest BCUT2D eigenvalue weighted by Gasteiger charge is 2.26. The van der Waals surface area contributed by atoms with Gasteiger partial charge in [0.25, 0.3) is 0 Å². The molecule has 1 aliphatic heterocycles. The molecule has 66 valence electrons. The van der Waals surface area contributed by atoms with Crippen LogP contribution in [-0.4, -0.2) is 35.1 Å². The van der Waals surface area contributed by atoms with Crippen LogP contribution in [0.1, 0.15) is 6.92 Å². The van der Waals surface area contributed by atoms with Crippen molar-refractivity contribution in [2.24, 2.45) is 0 Å². The van der Waals surface area contributed by atoms with Crippen molar-refractivity contribution in [1.29, 1.82) is 0 Å². The molecule has 12 heavy (non-hydrogen) atoms. The maximum Gasteiger partial charge on any atom is 0.246 e. The first-order valence-corrected chi connectivity index (χ1v) is 4.00. The van der Waals surface area contributed by atoms with E-state index in [1.54, 1.807) is 17.1 Å². The number of likely N-dealkylation sites (tertiary alicyclic amines) is 1. The fourth-order valence-electron chi connectivity index (χ4n) is 0.990. The van der Waals surface area contributed by atoms with Crippen LogP contribution in [0, 0.1) is 0 Å². The van der Waals surface area contributed by atoms with E-state index in [0.717, 1.165) is 0 Å². The molecule has 1 amide bonds. The van der Waals surface area contributed by atoms with Gasteiger partial charge in [0.2, 0.25) is 5.91 Å². The average Bonchev–Trinajstić information content (AvgIpc) is 1.99. The highest BCUT2D eigenvalue weighted by molar-refractivity contribution is 5.88. The lowest BCUT2D eigenvalue weighted by molar-refractivity contribution is -0.135. The Morgan fingerprint density at radius 1 is 1.50 bits per heavy atom. The van der Waals surface area contributed by atoms with Gasteiger partial charge in [-0.3, -0.25) is 4.79 Å². The van der Waals surface area contributed by atoms with E-state index < -0.39 is 0 Å². The Hall–Kier alpha value is -1.09. The molecule has 1 aliphatic rings. The molecule has 0 aliphatic carbocycles. The van der Waals surface area contributed by atoms with Gasteiger partial charge in [-0.1, -0.05) is 18.2 Å². The predicted molar refractivity (Wildman–Crippen MR) is 46.5 cm³/mol. The summed E-state index contributed by atoms with van der Waals surface area (Å²) in [6, 6.07) is 0. The Bertz CT molecular complexity index is 215. The minimum absolute atomic E-state index is 0.0293. The second-order valence-electron chi connectivity index (χ2n) is 2.78. The molecule has 0 saturated carbocycles.